The molecule has 2 aromatic rings. The molecule has 0 amide bonds. The van der Waals surface area contributed by atoms with Crippen molar-refractivity contribution < 1.29 is 0 Å². The van der Waals surface area contributed by atoms with Crippen molar-refractivity contribution in [1.29, 1.82) is 0 Å². The summed E-state index contributed by atoms with van der Waals surface area (Å²) in [6.07, 6.45) is 1.09. The minimum absolute atomic E-state index is 0.349. The minimum Gasteiger partial charge on any atom is -0.374 e. The van der Waals surface area contributed by atoms with Crippen LogP contribution in [-0.4, -0.2) is 20.6 Å². The van der Waals surface area contributed by atoms with Crippen molar-refractivity contribution >= 4 is 33.0 Å². The molecule has 1 aromatic carbocycles. The summed E-state index contributed by atoms with van der Waals surface area (Å²) in [6.45, 7) is 3.22. The van der Waals surface area contributed by atoms with E-state index in [0.29, 0.717) is 6.04 Å². The van der Waals surface area contributed by atoms with Crippen molar-refractivity contribution in [3.8, 4) is 0 Å². The van der Waals surface area contributed by atoms with Crippen LogP contribution in [-0.2, 0) is 6.42 Å². The van der Waals surface area contributed by atoms with Crippen molar-refractivity contribution in [2.45, 2.75) is 19.4 Å². The van der Waals surface area contributed by atoms with E-state index >= 15 is 0 Å². The van der Waals surface area contributed by atoms with E-state index < -0.39 is 0 Å². The van der Waals surface area contributed by atoms with Crippen molar-refractivity contribution in [2.24, 2.45) is 0 Å². The summed E-state index contributed by atoms with van der Waals surface area (Å²) in [5.74, 6) is 0. The van der Waals surface area contributed by atoms with E-state index in [1.54, 1.807) is 0 Å². The highest BCUT2D eigenvalue weighted by atomic mass is 79.9. The van der Waals surface area contributed by atoms with E-state index in [2.05, 4.69) is 75.8 Å². The Morgan fingerprint density at radius 3 is 2.80 bits per heavy atom. The van der Waals surface area contributed by atoms with Crippen molar-refractivity contribution in [2.75, 3.05) is 25.5 Å². The molecule has 0 saturated carbocycles. The largest absolute Gasteiger partial charge is 0.374 e. The van der Waals surface area contributed by atoms with E-state index in [1.807, 2.05) is 18.4 Å². The van der Waals surface area contributed by atoms with Gasteiger partial charge in [0.05, 0.1) is 0 Å². The number of halogens is 1. The third-order valence-corrected chi connectivity index (χ3v) is 5.01. The molecule has 4 heteroatoms. The molecule has 108 valence electrons. The van der Waals surface area contributed by atoms with Crippen LogP contribution in [0.25, 0.3) is 0 Å². The number of thiophene rings is 1. The summed E-state index contributed by atoms with van der Waals surface area (Å²) in [5, 5.41) is 5.47. The predicted octanol–water partition coefficient (Wildman–Crippen LogP) is 4.47. The lowest BCUT2D eigenvalue weighted by atomic mass is 10.1. The third kappa shape index (κ3) is 3.84. The monoisotopic (exact) mass is 352 g/mol. The van der Waals surface area contributed by atoms with Crippen LogP contribution >= 0.6 is 27.3 Å². The predicted molar refractivity (Wildman–Crippen MR) is 92.9 cm³/mol. The van der Waals surface area contributed by atoms with Gasteiger partial charge in [-0.25, -0.2) is 0 Å². The van der Waals surface area contributed by atoms with Gasteiger partial charge in [0.2, 0.25) is 0 Å². The molecular formula is C16H21BrN2S. The van der Waals surface area contributed by atoms with E-state index in [1.165, 1.54) is 16.1 Å². The molecule has 1 heterocycles. The van der Waals surface area contributed by atoms with Gasteiger partial charge in [-0.05, 0) is 49.5 Å². The second kappa shape index (κ2) is 7.25. The summed E-state index contributed by atoms with van der Waals surface area (Å²) in [7, 11) is 4.17. The van der Waals surface area contributed by atoms with Gasteiger partial charge < -0.3 is 10.2 Å². The van der Waals surface area contributed by atoms with Crippen molar-refractivity contribution in [3.05, 3.63) is 50.6 Å². The standard InChI is InChI=1S/C16H21BrN2S/c1-12(18-2)15-7-6-13(17)11-16(15)19(3)9-8-14-5-4-10-20-14/h4-7,10-12,18H,8-9H2,1-3H3. The van der Waals surface area contributed by atoms with Gasteiger partial charge in [-0.2, -0.15) is 0 Å². The first-order valence-electron chi connectivity index (χ1n) is 6.82. The molecule has 0 radical (unpaired) electrons. The zero-order valence-electron chi connectivity index (χ0n) is 12.2. The maximum atomic E-state index is 3.58. The van der Waals surface area contributed by atoms with Crippen LogP contribution in [0.3, 0.4) is 0 Å². The average molecular weight is 353 g/mol. The highest BCUT2D eigenvalue weighted by Crippen LogP contribution is 2.29. The Hall–Kier alpha value is -0.840. The molecule has 1 N–H and O–H groups in total. The summed E-state index contributed by atoms with van der Waals surface area (Å²) >= 11 is 5.41. The molecule has 2 rings (SSSR count). The van der Waals surface area contributed by atoms with Gasteiger partial charge in [-0.1, -0.05) is 28.1 Å². The molecule has 2 nitrogen and oxygen atoms in total. The van der Waals surface area contributed by atoms with E-state index in [9.17, 15) is 0 Å². The number of nitrogens with one attached hydrogen (secondary N) is 1. The van der Waals surface area contributed by atoms with E-state index in [4.69, 9.17) is 0 Å². The fraction of sp³-hybridized carbons (Fsp3) is 0.375. The van der Waals surface area contributed by atoms with Gasteiger partial charge in [-0.15, -0.1) is 11.3 Å². The molecule has 1 aromatic heterocycles. The number of benzene rings is 1. The fourth-order valence-corrected chi connectivity index (χ4v) is 3.27. The molecule has 0 spiro atoms. The second-order valence-electron chi connectivity index (χ2n) is 4.96. The van der Waals surface area contributed by atoms with Crippen LogP contribution in [0, 0.1) is 0 Å². The Balaban J connectivity index is 2.15. The van der Waals surface area contributed by atoms with Gasteiger partial charge in [-0.3, -0.25) is 0 Å². The topological polar surface area (TPSA) is 15.3 Å². The molecule has 0 aliphatic rings. The van der Waals surface area contributed by atoms with Crippen LogP contribution in [0.15, 0.2) is 40.2 Å². The smallest absolute Gasteiger partial charge is 0.0423 e. The van der Waals surface area contributed by atoms with Crippen LogP contribution in [0.1, 0.15) is 23.4 Å². The molecule has 1 unspecified atom stereocenters. The molecule has 0 bridgehead atoms. The summed E-state index contributed by atoms with van der Waals surface area (Å²) < 4.78 is 1.13. The number of likely N-dealkylation sites (N-methyl/N-ethyl adjacent to an activating group) is 1. The Kier molecular flexibility index (Phi) is 5.64. The highest BCUT2D eigenvalue weighted by Gasteiger charge is 2.13. The Bertz CT molecular complexity index is 539. The Morgan fingerprint density at radius 2 is 2.15 bits per heavy atom. The summed E-state index contributed by atoms with van der Waals surface area (Å²) in [6, 6.07) is 11.2. The maximum absolute atomic E-state index is 3.58. The van der Waals surface area contributed by atoms with Crippen LogP contribution in [0.5, 0.6) is 0 Å². The average Bonchev–Trinajstić information content (AvgIpc) is 2.97. The first-order chi connectivity index (χ1) is 9.61. The van der Waals surface area contributed by atoms with Crippen LogP contribution < -0.4 is 10.2 Å². The van der Waals surface area contributed by atoms with Crippen LogP contribution in [0.4, 0.5) is 5.69 Å². The molecule has 0 saturated heterocycles. The maximum Gasteiger partial charge on any atom is 0.0423 e. The molecule has 0 aliphatic heterocycles. The second-order valence-corrected chi connectivity index (χ2v) is 6.91. The van der Waals surface area contributed by atoms with Crippen molar-refractivity contribution in [1.82, 2.24) is 5.32 Å². The number of hydrogen-bond donors (Lipinski definition) is 1. The third-order valence-electron chi connectivity index (χ3n) is 3.58. The fourth-order valence-electron chi connectivity index (χ4n) is 2.22. The highest BCUT2D eigenvalue weighted by molar-refractivity contribution is 9.10. The van der Waals surface area contributed by atoms with Gasteiger partial charge in [0.1, 0.15) is 0 Å². The Morgan fingerprint density at radius 1 is 1.35 bits per heavy atom. The number of nitrogens with zero attached hydrogens (tertiary/aromatic N) is 1. The Labute approximate surface area is 133 Å². The molecule has 0 aliphatic carbocycles. The first-order valence-corrected chi connectivity index (χ1v) is 8.49. The van der Waals surface area contributed by atoms with Gasteiger partial charge >= 0.3 is 0 Å². The van der Waals surface area contributed by atoms with E-state index in [-0.39, 0.29) is 0 Å². The van der Waals surface area contributed by atoms with Gasteiger partial charge in [0.25, 0.3) is 0 Å². The summed E-state index contributed by atoms with van der Waals surface area (Å²) in [4.78, 5) is 3.78. The zero-order valence-corrected chi connectivity index (χ0v) is 14.6. The lowest BCUT2D eigenvalue weighted by Gasteiger charge is -2.25. The SMILES string of the molecule is CNC(C)c1ccc(Br)cc1N(C)CCc1cccs1. The normalized spacial score (nSPS) is 12.4. The van der Waals surface area contributed by atoms with Gasteiger partial charge in [0.15, 0.2) is 0 Å². The zero-order chi connectivity index (χ0) is 14.5. The molecular weight excluding hydrogens is 332 g/mol. The molecule has 0 fully saturated rings. The van der Waals surface area contributed by atoms with Crippen molar-refractivity contribution in [3.63, 3.8) is 0 Å². The minimum atomic E-state index is 0.349. The number of hydrogen-bond acceptors (Lipinski definition) is 3. The first kappa shape index (κ1) is 15.5. The van der Waals surface area contributed by atoms with Gasteiger partial charge in [0, 0.05) is 34.7 Å². The molecule has 20 heavy (non-hydrogen) atoms. The quantitative estimate of drug-likeness (QED) is 0.824. The molecule has 1 atom stereocenters. The van der Waals surface area contributed by atoms with Crippen LogP contribution in [0.2, 0.25) is 0 Å². The number of anilines is 1. The number of rotatable bonds is 6. The lowest BCUT2D eigenvalue weighted by Crippen LogP contribution is -2.24. The van der Waals surface area contributed by atoms with E-state index in [0.717, 1.165) is 17.4 Å². The summed E-state index contributed by atoms with van der Waals surface area (Å²) in [5.41, 5.74) is 2.63. The lowest BCUT2D eigenvalue weighted by molar-refractivity contribution is 0.649.